The Hall–Kier alpha value is -2.44. The smallest absolute Gasteiger partial charge is 0.298 e. The van der Waals surface area contributed by atoms with Crippen LogP contribution in [0.4, 0.5) is 10.5 Å². The molecule has 0 unspecified atom stereocenters. The van der Waals surface area contributed by atoms with E-state index in [2.05, 4.69) is 0 Å². The van der Waals surface area contributed by atoms with E-state index in [1.165, 1.54) is 0 Å². The molecule has 0 N–H and O–H groups in total. The Kier molecular flexibility index (Phi) is 3.70. The van der Waals surface area contributed by atoms with E-state index < -0.39 is 0 Å². The normalized spacial score (nSPS) is 17.9. The first-order chi connectivity index (χ1) is 11.6. The van der Waals surface area contributed by atoms with E-state index in [9.17, 15) is 9.59 Å². The molecule has 2 aromatic carbocycles. The van der Waals surface area contributed by atoms with Crippen LogP contribution in [0.25, 0.3) is 6.08 Å². The largest absolute Gasteiger partial charge is 0.454 e. The van der Waals surface area contributed by atoms with Crippen molar-refractivity contribution in [1.29, 1.82) is 0 Å². The van der Waals surface area contributed by atoms with E-state index in [1.807, 2.05) is 0 Å². The quantitative estimate of drug-likeness (QED) is 0.748. The molecule has 0 radical (unpaired) electrons. The molecule has 2 heterocycles. The van der Waals surface area contributed by atoms with Gasteiger partial charge in [-0.05, 0) is 53.7 Å². The second-order valence-electron chi connectivity index (χ2n) is 5.11. The van der Waals surface area contributed by atoms with Gasteiger partial charge in [0.25, 0.3) is 11.1 Å². The van der Waals surface area contributed by atoms with Gasteiger partial charge >= 0.3 is 0 Å². The molecule has 1 fully saturated rings. The zero-order valence-electron chi connectivity index (χ0n) is 12.2. The third-order valence-corrected chi connectivity index (χ3v) is 4.66. The molecule has 0 atom stereocenters. The highest BCUT2D eigenvalue weighted by atomic mass is 35.5. The van der Waals surface area contributed by atoms with Gasteiger partial charge in [-0.2, -0.15) is 0 Å². The van der Waals surface area contributed by atoms with Gasteiger partial charge in [0.1, 0.15) is 0 Å². The number of carbonyl (C=O) groups excluding carboxylic acids is 2. The van der Waals surface area contributed by atoms with Gasteiger partial charge in [0.15, 0.2) is 11.5 Å². The maximum atomic E-state index is 12.6. The van der Waals surface area contributed by atoms with Crippen molar-refractivity contribution in [1.82, 2.24) is 0 Å². The lowest BCUT2D eigenvalue weighted by molar-refractivity contribution is -0.113. The van der Waals surface area contributed by atoms with Gasteiger partial charge in [0, 0.05) is 5.02 Å². The first-order valence-electron chi connectivity index (χ1n) is 7.05. The molecule has 7 heteroatoms. The van der Waals surface area contributed by atoms with E-state index in [1.54, 1.807) is 48.5 Å². The van der Waals surface area contributed by atoms with E-state index in [4.69, 9.17) is 21.1 Å². The number of halogens is 1. The predicted octanol–water partition coefficient (Wildman–Crippen LogP) is 4.31. The third kappa shape index (κ3) is 2.64. The van der Waals surface area contributed by atoms with Crippen molar-refractivity contribution in [3.05, 3.63) is 58.0 Å². The number of imide groups is 1. The number of nitrogens with zero attached hydrogens (tertiary/aromatic N) is 1. The molecule has 2 aliphatic heterocycles. The van der Waals surface area contributed by atoms with Crippen LogP contribution in [0, 0.1) is 0 Å². The molecule has 0 bridgehead atoms. The predicted molar refractivity (Wildman–Crippen MR) is 92.5 cm³/mol. The fourth-order valence-corrected chi connectivity index (χ4v) is 3.49. The summed E-state index contributed by atoms with van der Waals surface area (Å²) < 4.78 is 10.6. The topological polar surface area (TPSA) is 55.8 Å². The summed E-state index contributed by atoms with van der Waals surface area (Å²) in [5, 5.41) is 0.112. The van der Waals surface area contributed by atoms with Crippen LogP contribution in [-0.4, -0.2) is 17.9 Å². The molecule has 0 spiro atoms. The first kappa shape index (κ1) is 15.1. The van der Waals surface area contributed by atoms with Crippen molar-refractivity contribution >= 4 is 46.3 Å². The number of thioether (sulfide) groups is 1. The second-order valence-corrected chi connectivity index (χ2v) is 6.54. The van der Waals surface area contributed by atoms with Crippen LogP contribution in [0.1, 0.15) is 5.56 Å². The molecular formula is C17H10ClNO4S. The fourth-order valence-electron chi connectivity index (χ4n) is 2.46. The van der Waals surface area contributed by atoms with Crippen molar-refractivity contribution in [3.63, 3.8) is 0 Å². The SMILES string of the molecule is O=C1SC(=Cc2ccc3c(c2)OCO3)C(=O)N1c1cccc(Cl)c1. The minimum atomic E-state index is -0.370. The summed E-state index contributed by atoms with van der Waals surface area (Å²) in [5.41, 5.74) is 1.22. The highest BCUT2D eigenvalue weighted by molar-refractivity contribution is 8.19. The standard InChI is InChI=1S/C17H10ClNO4S/c18-11-2-1-3-12(8-11)19-16(20)15(24-17(19)21)7-10-4-5-13-14(6-10)23-9-22-13/h1-8H,9H2. The molecular weight excluding hydrogens is 350 g/mol. The number of benzene rings is 2. The molecule has 2 amide bonds. The van der Waals surface area contributed by atoms with Gasteiger partial charge in [-0.3, -0.25) is 9.59 Å². The average Bonchev–Trinajstić information content (AvgIpc) is 3.12. The summed E-state index contributed by atoms with van der Waals surface area (Å²) in [6.07, 6.45) is 1.66. The van der Waals surface area contributed by atoms with Gasteiger partial charge in [0.2, 0.25) is 6.79 Å². The van der Waals surface area contributed by atoms with Crippen LogP contribution in [0.5, 0.6) is 11.5 Å². The molecule has 24 heavy (non-hydrogen) atoms. The molecule has 0 saturated carbocycles. The molecule has 2 aliphatic rings. The lowest BCUT2D eigenvalue weighted by Crippen LogP contribution is -2.27. The Labute approximate surface area is 146 Å². The minimum absolute atomic E-state index is 0.185. The molecule has 2 aromatic rings. The minimum Gasteiger partial charge on any atom is -0.454 e. The molecule has 0 aromatic heterocycles. The lowest BCUT2D eigenvalue weighted by atomic mass is 10.2. The van der Waals surface area contributed by atoms with E-state index in [-0.39, 0.29) is 17.9 Å². The Balaban J connectivity index is 1.66. The molecule has 4 rings (SSSR count). The van der Waals surface area contributed by atoms with E-state index in [0.717, 1.165) is 22.2 Å². The lowest BCUT2D eigenvalue weighted by Gasteiger charge is -2.12. The molecule has 5 nitrogen and oxygen atoms in total. The number of rotatable bonds is 2. The van der Waals surface area contributed by atoms with Gasteiger partial charge in [-0.25, -0.2) is 4.90 Å². The number of carbonyl (C=O) groups is 2. The summed E-state index contributed by atoms with van der Waals surface area (Å²) in [6.45, 7) is 0.185. The van der Waals surface area contributed by atoms with Crippen molar-refractivity contribution < 1.29 is 19.1 Å². The van der Waals surface area contributed by atoms with Crippen molar-refractivity contribution in [2.45, 2.75) is 0 Å². The maximum absolute atomic E-state index is 12.6. The monoisotopic (exact) mass is 359 g/mol. The maximum Gasteiger partial charge on any atom is 0.298 e. The Morgan fingerprint density at radius 2 is 1.92 bits per heavy atom. The van der Waals surface area contributed by atoms with Crippen LogP contribution >= 0.6 is 23.4 Å². The average molecular weight is 360 g/mol. The summed E-state index contributed by atoms with van der Waals surface area (Å²) >= 11 is 6.84. The number of hydrogen-bond donors (Lipinski definition) is 0. The molecule has 0 aliphatic carbocycles. The molecule has 1 saturated heterocycles. The summed E-state index contributed by atoms with van der Waals surface area (Å²) in [5.74, 6) is 0.918. The number of amides is 2. The van der Waals surface area contributed by atoms with Gasteiger partial charge in [-0.15, -0.1) is 0 Å². The highest BCUT2D eigenvalue weighted by Crippen LogP contribution is 2.38. The summed E-state index contributed by atoms with van der Waals surface area (Å²) in [7, 11) is 0. The van der Waals surface area contributed by atoms with Crippen LogP contribution in [0.15, 0.2) is 47.4 Å². The fraction of sp³-hybridized carbons (Fsp3) is 0.0588. The first-order valence-corrected chi connectivity index (χ1v) is 8.24. The van der Waals surface area contributed by atoms with Crippen molar-refractivity contribution in [3.8, 4) is 11.5 Å². The van der Waals surface area contributed by atoms with Crippen LogP contribution < -0.4 is 14.4 Å². The number of anilines is 1. The highest BCUT2D eigenvalue weighted by Gasteiger charge is 2.36. The van der Waals surface area contributed by atoms with Crippen LogP contribution in [-0.2, 0) is 4.79 Å². The third-order valence-electron chi connectivity index (χ3n) is 3.55. The number of ether oxygens (including phenoxy) is 2. The zero-order chi connectivity index (χ0) is 16.7. The number of fused-ring (bicyclic) bond motifs is 1. The zero-order valence-corrected chi connectivity index (χ0v) is 13.8. The van der Waals surface area contributed by atoms with E-state index in [0.29, 0.717) is 27.1 Å². The Morgan fingerprint density at radius 1 is 1.08 bits per heavy atom. The Morgan fingerprint density at radius 3 is 2.75 bits per heavy atom. The Bertz CT molecular complexity index is 896. The van der Waals surface area contributed by atoms with Crippen LogP contribution in [0.3, 0.4) is 0 Å². The van der Waals surface area contributed by atoms with Gasteiger partial charge in [-0.1, -0.05) is 23.7 Å². The van der Waals surface area contributed by atoms with E-state index >= 15 is 0 Å². The summed E-state index contributed by atoms with van der Waals surface area (Å²) in [4.78, 5) is 26.3. The molecule has 120 valence electrons. The van der Waals surface area contributed by atoms with Crippen molar-refractivity contribution in [2.24, 2.45) is 0 Å². The summed E-state index contributed by atoms with van der Waals surface area (Å²) in [6, 6.07) is 12.0. The van der Waals surface area contributed by atoms with Crippen molar-refractivity contribution in [2.75, 3.05) is 11.7 Å². The van der Waals surface area contributed by atoms with Gasteiger partial charge < -0.3 is 9.47 Å². The van der Waals surface area contributed by atoms with Crippen LogP contribution in [0.2, 0.25) is 5.02 Å². The second kappa shape index (κ2) is 5.89. The van der Waals surface area contributed by atoms with Gasteiger partial charge in [0.05, 0.1) is 10.6 Å². The number of hydrogen-bond acceptors (Lipinski definition) is 5.